The van der Waals surface area contributed by atoms with Gasteiger partial charge in [0.05, 0.1) is 6.61 Å². The Labute approximate surface area is 85.1 Å². The van der Waals surface area contributed by atoms with Crippen molar-refractivity contribution in [1.82, 2.24) is 0 Å². The second kappa shape index (κ2) is 4.07. The summed E-state index contributed by atoms with van der Waals surface area (Å²) in [6.45, 7) is 0.418. The summed E-state index contributed by atoms with van der Waals surface area (Å²) in [5.41, 5.74) is 0. The van der Waals surface area contributed by atoms with Gasteiger partial charge in [-0.2, -0.15) is 26.3 Å². The van der Waals surface area contributed by atoms with Crippen LogP contribution in [0.4, 0.5) is 26.3 Å². The van der Waals surface area contributed by atoms with Gasteiger partial charge in [-0.15, -0.1) is 0 Å². The van der Waals surface area contributed by atoms with Crippen molar-refractivity contribution >= 4 is 17.6 Å². The SMILES string of the molecule is CCOC(=O)C(Cl)(C(F)(F)F)C(F)(F)F. The summed E-state index contributed by atoms with van der Waals surface area (Å²) in [5, 5.41) is 0. The molecule has 0 aliphatic rings. The van der Waals surface area contributed by atoms with E-state index in [1.807, 2.05) is 0 Å². The van der Waals surface area contributed by atoms with Crippen LogP contribution >= 0.6 is 11.6 Å². The van der Waals surface area contributed by atoms with Crippen LogP contribution < -0.4 is 0 Å². The Kier molecular flexibility index (Phi) is 3.89. The van der Waals surface area contributed by atoms with Gasteiger partial charge in [-0.25, -0.2) is 4.79 Å². The maximum atomic E-state index is 12.0. The van der Waals surface area contributed by atoms with E-state index in [-0.39, 0.29) is 0 Å². The first-order chi connectivity index (χ1) is 6.48. The zero-order chi connectivity index (χ0) is 12.5. The summed E-state index contributed by atoms with van der Waals surface area (Å²) in [5.74, 6) is -2.58. The molecule has 0 aromatic rings. The van der Waals surface area contributed by atoms with Crippen LogP contribution in [0.2, 0.25) is 0 Å². The molecule has 0 saturated carbocycles. The molecule has 0 aliphatic heterocycles. The molecule has 0 aromatic heterocycles. The monoisotopic (exact) mass is 258 g/mol. The molecule has 90 valence electrons. The third-order valence-electron chi connectivity index (χ3n) is 1.34. The van der Waals surface area contributed by atoms with E-state index in [4.69, 9.17) is 0 Å². The molecule has 0 N–H and O–H groups in total. The Hall–Kier alpha value is -0.660. The van der Waals surface area contributed by atoms with E-state index >= 15 is 0 Å². The van der Waals surface area contributed by atoms with Gasteiger partial charge < -0.3 is 4.74 Å². The van der Waals surface area contributed by atoms with Crippen LogP contribution in [0.1, 0.15) is 6.92 Å². The molecule has 0 aliphatic carbocycles. The van der Waals surface area contributed by atoms with Crippen LogP contribution in [0.15, 0.2) is 0 Å². The smallest absolute Gasteiger partial charge is 0.427 e. The van der Waals surface area contributed by atoms with Crippen molar-refractivity contribution in [3.8, 4) is 0 Å². The molecule has 0 unspecified atom stereocenters. The first-order valence-electron chi connectivity index (χ1n) is 3.48. The molecule has 0 heterocycles. The maximum absolute atomic E-state index is 12.0. The van der Waals surface area contributed by atoms with Gasteiger partial charge in [0, 0.05) is 0 Å². The minimum absolute atomic E-state index is 0.639. The molecule has 0 aromatic carbocycles. The highest BCUT2D eigenvalue weighted by atomic mass is 35.5. The Morgan fingerprint density at radius 1 is 1.13 bits per heavy atom. The summed E-state index contributed by atoms with van der Waals surface area (Å²) < 4.78 is 75.8. The van der Waals surface area contributed by atoms with Crippen molar-refractivity contribution in [2.75, 3.05) is 6.61 Å². The van der Waals surface area contributed by atoms with Gasteiger partial charge in [0.25, 0.3) is 0 Å². The number of carbonyl (C=O) groups is 1. The lowest BCUT2D eigenvalue weighted by Gasteiger charge is -2.28. The topological polar surface area (TPSA) is 26.3 Å². The van der Waals surface area contributed by atoms with Crippen LogP contribution in [0.25, 0.3) is 0 Å². The lowest BCUT2D eigenvalue weighted by molar-refractivity contribution is -0.267. The number of ether oxygens (including phenoxy) is 1. The van der Waals surface area contributed by atoms with E-state index in [9.17, 15) is 31.1 Å². The fourth-order valence-electron chi connectivity index (χ4n) is 0.623. The van der Waals surface area contributed by atoms with Gasteiger partial charge >= 0.3 is 23.2 Å². The Morgan fingerprint density at radius 2 is 1.47 bits per heavy atom. The summed E-state index contributed by atoms with van der Waals surface area (Å²) in [6.07, 6.45) is -11.9. The summed E-state index contributed by atoms with van der Waals surface area (Å²) in [4.78, 5) is 5.56. The predicted molar refractivity (Wildman–Crippen MR) is 37.3 cm³/mol. The minimum Gasteiger partial charge on any atom is -0.464 e. The van der Waals surface area contributed by atoms with Gasteiger partial charge in [0.2, 0.25) is 0 Å². The van der Waals surface area contributed by atoms with Gasteiger partial charge in [0.15, 0.2) is 0 Å². The van der Waals surface area contributed by atoms with Crippen molar-refractivity contribution in [3.63, 3.8) is 0 Å². The Morgan fingerprint density at radius 3 is 1.67 bits per heavy atom. The number of rotatable bonds is 2. The third-order valence-corrected chi connectivity index (χ3v) is 1.92. The summed E-state index contributed by atoms with van der Waals surface area (Å²) in [7, 11) is 0. The van der Waals surface area contributed by atoms with Crippen molar-refractivity contribution in [2.45, 2.75) is 24.2 Å². The quantitative estimate of drug-likeness (QED) is 0.432. The largest absolute Gasteiger partial charge is 0.464 e. The number of hydrogen-bond donors (Lipinski definition) is 0. The molecule has 2 nitrogen and oxygen atoms in total. The average Bonchev–Trinajstić information content (AvgIpc) is 1.99. The zero-order valence-electron chi connectivity index (χ0n) is 7.17. The molecule has 0 amide bonds. The third kappa shape index (κ3) is 2.47. The lowest BCUT2D eigenvalue weighted by atomic mass is 10.1. The first kappa shape index (κ1) is 14.3. The highest BCUT2D eigenvalue weighted by Gasteiger charge is 2.76. The highest BCUT2D eigenvalue weighted by molar-refractivity contribution is 6.35. The molecular weight excluding hydrogens is 254 g/mol. The fraction of sp³-hybridized carbons (Fsp3) is 0.833. The lowest BCUT2D eigenvalue weighted by Crippen LogP contribution is -2.58. The second-order valence-corrected chi connectivity index (χ2v) is 2.94. The van der Waals surface area contributed by atoms with E-state index in [0.29, 0.717) is 0 Å². The van der Waals surface area contributed by atoms with E-state index in [1.54, 1.807) is 0 Å². The van der Waals surface area contributed by atoms with Crippen LogP contribution in [0.3, 0.4) is 0 Å². The molecule has 0 rings (SSSR count). The van der Waals surface area contributed by atoms with Crippen molar-refractivity contribution in [3.05, 3.63) is 0 Å². The van der Waals surface area contributed by atoms with E-state index in [2.05, 4.69) is 16.3 Å². The molecule has 0 fully saturated rings. The molecule has 0 saturated heterocycles. The highest BCUT2D eigenvalue weighted by Crippen LogP contribution is 2.48. The molecule has 0 atom stereocenters. The van der Waals surface area contributed by atoms with Crippen LogP contribution in [0, 0.1) is 0 Å². The summed E-state index contributed by atoms with van der Waals surface area (Å²) in [6, 6.07) is 0. The van der Waals surface area contributed by atoms with Gasteiger partial charge in [0.1, 0.15) is 0 Å². The molecule has 0 spiro atoms. The summed E-state index contributed by atoms with van der Waals surface area (Å²) >= 11 is 4.30. The number of alkyl halides is 7. The number of hydrogen-bond acceptors (Lipinski definition) is 2. The first-order valence-corrected chi connectivity index (χ1v) is 3.85. The van der Waals surface area contributed by atoms with Gasteiger partial charge in [-0.05, 0) is 6.92 Å². The Bertz CT molecular complexity index is 231. The second-order valence-electron chi connectivity index (χ2n) is 2.37. The van der Waals surface area contributed by atoms with Crippen LogP contribution in [-0.2, 0) is 9.53 Å². The van der Waals surface area contributed by atoms with Gasteiger partial charge in [-0.1, -0.05) is 11.6 Å². The Balaban J connectivity index is 5.33. The molecule has 0 radical (unpaired) electrons. The number of esters is 1. The maximum Gasteiger partial charge on any atom is 0.427 e. The molecular formula is C6H5ClF6O2. The van der Waals surface area contributed by atoms with Gasteiger partial charge in [-0.3, -0.25) is 0 Å². The minimum atomic E-state index is -5.97. The van der Waals surface area contributed by atoms with Crippen LogP contribution in [0.5, 0.6) is 0 Å². The normalized spacial score (nSPS) is 13.9. The molecule has 9 heteroatoms. The standard InChI is InChI=1S/C6H5ClF6O2/c1-2-15-3(14)4(7,5(8,9)10)6(11,12)13/h2H2,1H3. The average molecular weight is 259 g/mol. The molecule has 0 bridgehead atoms. The van der Waals surface area contributed by atoms with Crippen molar-refractivity contribution in [1.29, 1.82) is 0 Å². The fourth-order valence-corrected chi connectivity index (χ4v) is 0.677. The van der Waals surface area contributed by atoms with Crippen molar-refractivity contribution < 1.29 is 35.9 Å². The van der Waals surface area contributed by atoms with E-state index < -0.39 is 29.8 Å². The zero-order valence-corrected chi connectivity index (χ0v) is 7.93. The van der Waals surface area contributed by atoms with E-state index in [1.165, 1.54) is 0 Å². The predicted octanol–water partition coefficient (Wildman–Crippen LogP) is 2.65. The number of carbonyl (C=O) groups excluding carboxylic acids is 1. The molecule has 15 heavy (non-hydrogen) atoms. The van der Waals surface area contributed by atoms with Crippen LogP contribution in [-0.4, -0.2) is 29.8 Å². The number of halogens is 7. The van der Waals surface area contributed by atoms with E-state index in [0.717, 1.165) is 6.92 Å². The van der Waals surface area contributed by atoms with Crippen molar-refractivity contribution in [2.24, 2.45) is 0 Å².